The monoisotopic (exact) mass is 1630 g/mol. The van der Waals surface area contributed by atoms with Crippen LogP contribution < -0.4 is 10.6 Å². The second-order valence-electron chi connectivity index (χ2n) is 36.0. The number of rotatable bonds is 18. The van der Waals surface area contributed by atoms with Crippen LogP contribution in [0.1, 0.15) is 195 Å². The van der Waals surface area contributed by atoms with Crippen LogP contribution >= 0.6 is 0 Å². The third-order valence-electron chi connectivity index (χ3n) is 25.9. The van der Waals surface area contributed by atoms with E-state index in [9.17, 15) is 28.8 Å². The number of nitrogens with one attached hydrogen (secondary N) is 6. The number of likely N-dealkylation sites (tertiary alicyclic amines) is 4. The zero-order chi connectivity index (χ0) is 82.4. The van der Waals surface area contributed by atoms with E-state index >= 15 is 0 Å². The first-order valence-corrected chi connectivity index (χ1v) is 41.5. The molecule has 4 aliphatic carbocycles. The molecular formula is C94H114N14O12. The van der Waals surface area contributed by atoms with E-state index in [1.807, 2.05) is 85.9 Å². The van der Waals surface area contributed by atoms with Crippen LogP contribution in [0.25, 0.3) is 88.8 Å². The molecule has 4 aromatic heterocycles. The highest BCUT2D eigenvalue weighted by molar-refractivity contribution is 5.93. The fourth-order valence-corrected chi connectivity index (χ4v) is 19.2. The van der Waals surface area contributed by atoms with E-state index in [1.165, 1.54) is 28.4 Å². The summed E-state index contributed by atoms with van der Waals surface area (Å²) in [5.74, 6) is 3.36. The van der Waals surface area contributed by atoms with Crippen molar-refractivity contribution in [1.82, 2.24) is 70.1 Å². The number of aromatic amines is 4. The van der Waals surface area contributed by atoms with Crippen molar-refractivity contribution in [3.05, 3.63) is 169 Å². The summed E-state index contributed by atoms with van der Waals surface area (Å²) in [6.45, 7) is 16.3. The van der Waals surface area contributed by atoms with E-state index in [0.717, 1.165) is 196 Å². The number of H-pyrrole nitrogens is 4. The van der Waals surface area contributed by atoms with Crippen LogP contribution in [0, 0.1) is 22.7 Å². The van der Waals surface area contributed by atoms with Gasteiger partial charge in [0.05, 0.1) is 98.2 Å². The molecule has 12 atom stereocenters. The van der Waals surface area contributed by atoms with E-state index in [1.54, 1.807) is 13.8 Å². The predicted molar refractivity (Wildman–Crippen MR) is 460 cm³/mol. The number of methoxy groups -OCH3 is 4. The molecule has 4 bridgehead atoms. The summed E-state index contributed by atoms with van der Waals surface area (Å²) < 4.78 is 32.2. The standard InChI is InChI=1S/C48H56N8O8.C44H50N6O4.2CH4/c1-26(61-3)39(53-46(59)63-5)44(57)55-25-48(17-18-48)22-38(55)42-49-24-37(51-42)33-14-13-31-19-30(11-12-32(31)20-33)28-7-9-29(10-8-28)36-23-50-43(52-36)41-34-15-16-35(21-34)56(41)45(58)40(27(2)62-4)54-47(60)64-6;1-42(2,3)53-40(51)49-25-44(17-18-44)22-36(49)38-45-24-35(47-38)31-14-13-29-19-28(11-12-30(29)20-31)26-7-9-27(10-8-26)34-23-46-39(48-34)37-32-15-16-33(21-32)50(37)41(52)54-43(4,5)6;;/h7-14,19-20,23-24,26-27,34-35,38-41H,15-18,21-22,25H2,1-6H3,(H,49,51)(H,50,52)(H,53,59)(H,54,60);7-14,19-20,23-24,32-33,36-37H,15-18,21-22,25H2,1-6H3,(H,45,47)(H,46,48);2*1H4/t26?,27?,34-,35+,38-,39-,40-,41-;32-,33+,36-,37-;;/m00../s1. The van der Waals surface area contributed by atoms with Gasteiger partial charge in [-0.15, -0.1) is 0 Å². The lowest BCUT2D eigenvalue weighted by Crippen LogP contribution is -2.56. The maximum absolute atomic E-state index is 14.1. The van der Waals surface area contributed by atoms with Gasteiger partial charge in [-0.2, -0.15) is 0 Å². The second kappa shape index (κ2) is 33.0. The summed E-state index contributed by atoms with van der Waals surface area (Å²) in [7, 11) is 5.59. The molecule has 2 unspecified atom stereocenters. The quantitative estimate of drug-likeness (QED) is 0.0435. The van der Waals surface area contributed by atoms with Gasteiger partial charge in [-0.3, -0.25) is 19.4 Å². The largest absolute Gasteiger partial charge is 0.453 e. The molecule has 8 fully saturated rings. The first-order valence-electron chi connectivity index (χ1n) is 41.5. The van der Waals surface area contributed by atoms with Gasteiger partial charge in [-0.1, -0.05) is 112 Å². The minimum Gasteiger partial charge on any atom is -0.453 e. The van der Waals surface area contributed by atoms with Crippen molar-refractivity contribution in [2.45, 2.75) is 219 Å². The lowest BCUT2D eigenvalue weighted by Gasteiger charge is -2.37. The Morgan fingerprint density at radius 3 is 1.18 bits per heavy atom. The number of piperidine rings is 2. The Balaban J connectivity index is 0.000000186. The van der Waals surface area contributed by atoms with Crippen molar-refractivity contribution < 1.29 is 57.2 Å². The van der Waals surface area contributed by atoms with Gasteiger partial charge < -0.3 is 68.8 Å². The predicted octanol–water partition coefficient (Wildman–Crippen LogP) is 18.4. The number of alkyl carbamates (subject to hydrolysis) is 2. The van der Waals surface area contributed by atoms with Gasteiger partial charge in [-0.05, 0) is 234 Å². The number of carbonyl (C=O) groups excluding carboxylic acids is 6. The molecule has 632 valence electrons. The lowest BCUT2D eigenvalue weighted by atomic mass is 9.96. The average Bonchev–Trinajstić information content (AvgIpc) is 1.71. The van der Waals surface area contributed by atoms with Crippen molar-refractivity contribution in [2.75, 3.05) is 41.5 Å². The zero-order valence-electron chi connectivity index (χ0n) is 69.2. The third-order valence-corrected chi connectivity index (χ3v) is 25.9. The molecule has 4 saturated heterocycles. The van der Waals surface area contributed by atoms with Gasteiger partial charge in [0.15, 0.2) is 0 Å². The molecule has 6 N–H and O–H groups in total. The van der Waals surface area contributed by atoms with Gasteiger partial charge in [-0.25, -0.2) is 39.1 Å². The average molecular weight is 1630 g/mol. The van der Waals surface area contributed by atoms with Crippen molar-refractivity contribution >= 4 is 57.7 Å². The van der Waals surface area contributed by atoms with Crippen LogP contribution in [-0.2, 0) is 38.0 Å². The van der Waals surface area contributed by atoms with Crippen LogP contribution in [0.2, 0.25) is 0 Å². The summed E-state index contributed by atoms with van der Waals surface area (Å²) in [6.07, 6.45) is 16.5. The molecule has 8 heterocycles. The van der Waals surface area contributed by atoms with Crippen LogP contribution in [0.15, 0.2) is 146 Å². The van der Waals surface area contributed by atoms with E-state index in [4.69, 9.17) is 48.4 Å². The Morgan fingerprint density at radius 1 is 0.425 bits per heavy atom. The summed E-state index contributed by atoms with van der Waals surface area (Å²) >= 11 is 0. The molecule has 26 nitrogen and oxygen atoms in total. The fraction of sp³-hybridized carbons (Fsp3) is 0.468. The van der Waals surface area contributed by atoms with E-state index in [2.05, 4.69) is 152 Å². The van der Waals surface area contributed by atoms with Crippen LogP contribution in [0.3, 0.4) is 0 Å². The molecule has 10 aromatic rings. The number of hydrogen-bond acceptors (Lipinski definition) is 16. The number of fused-ring (bicyclic) bond motifs is 6. The van der Waals surface area contributed by atoms with Crippen LogP contribution in [-0.4, -0.2) is 185 Å². The number of hydrogen-bond donors (Lipinski definition) is 6. The van der Waals surface area contributed by atoms with E-state index in [0.29, 0.717) is 12.5 Å². The molecule has 18 rings (SSSR count). The number of amides is 6. The van der Waals surface area contributed by atoms with Crippen molar-refractivity contribution in [3.8, 4) is 67.3 Å². The minimum atomic E-state index is -0.899. The Bertz CT molecular complexity index is 5460. The van der Waals surface area contributed by atoms with Crippen molar-refractivity contribution in [2.24, 2.45) is 22.7 Å². The third kappa shape index (κ3) is 16.7. The Kier molecular flexibility index (Phi) is 23.0. The van der Waals surface area contributed by atoms with Gasteiger partial charge in [0.25, 0.3) is 0 Å². The number of nitrogens with zero attached hydrogens (tertiary/aromatic N) is 8. The summed E-state index contributed by atoms with van der Waals surface area (Å²) in [5, 5.41) is 9.84. The topological polar surface area (TPSA) is 310 Å². The molecule has 0 radical (unpaired) electrons. The minimum absolute atomic E-state index is 0. The molecule has 4 aliphatic heterocycles. The highest BCUT2D eigenvalue weighted by Crippen LogP contribution is 2.60. The smallest absolute Gasteiger partial charge is 0.411 e. The molecule has 8 aliphatic rings. The SMILES string of the molecule is C.C.CC(C)(C)OC(=O)N1CC2(CC2)C[C@H]1c1ncc(-c2ccc3cc(-c4ccc(-c5cnc([C@@H]6[C@H]7CC[C@H](C7)N6C(=O)OC(C)(C)C)[nH]5)cc4)ccc3c2)[nH]1.COC(=O)N[C@H](C(=O)N1CC2(CC2)C[C@H]1c1ncc(-c2ccc3cc(-c4ccc(-c5cnc([C@@H]6[C@H]7CC[C@H](C7)N6C(=O)[C@@H](NC(=O)OC)C(C)OC)[nH]5)cc4)ccc3c2)[nH]1)C(C)OC. The number of aromatic nitrogens is 8. The van der Waals surface area contributed by atoms with Gasteiger partial charge >= 0.3 is 24.4 Å². The molecule has 6 aromatic carbocycles. The molecular weight excluding hydrogens is 1520 g/mol. The van der Waals surface area contributed by atoms with Gasteiger partial charge in [0, 0.05) is 50.5 Å². The van der Waals surface area contributed by atoms with Crippen LogP contribution in [0.5, 0.6) is 0 Å². The highest BCUT2D eigenvalue weighted by atomic mass is 16.6. The van der Waals surface area contributed by atoms with Crippen LogP contribution in [0.4, 0.5) is 19.2 Å². The van der Waals surface area contributed by atoms with Crippen molar-refractivity contribution in [1.29, 1.82) is 0 Å². The number of carbonyl (C=O) groups is 6. The molecule has 6 amide bonds. The second-order valence-corrected chi connectivity index (χ2v) is 36.0. The first kappa shape index (κ1) is 83.7. The lowest BCUT2D eigenvalue weighted by molar-refractivity contribution is -0.141. The Hall–Kier alpha value is -11.4. The van der Waals surface area contributed by atoms with E-state index < -0.39 is 47.7 Å². The zero-order valence-corrected chi connectivity index (χ0v) is 69.2. The maximum atomic E-state index is 14.1. The summed E-state index contributed by atoms with van der Waals surface area (Å²) in [4.78, 5) is 120. The number of ether oxygens (including phenoxy) is 6. The summed E-state index contributed by atoms with van der Waals surface area (Å²) in [6, 6.07) is 40.5. The van der Waals surface area contributed by atoms with Crippen molar-refractivity contribution in [3.63, 3.8) is 0 Å². The Labute approximate surface area is 701 Å². The van der Waals surface area contributed by atoms with Gasteiger partial charge in [0.1, 0.15) is 46.6 Å². The Morgan fingerprint density at radius 2 is 0.767 bits per heavy atom. The highest BCUT2D eigenvalue weighted by Gasteiger charge is 2.58. The first-order chi connectivity index (χ1) is 56.6. The molecule has 26 heteroatoms. The fourth-order valence-electron chi connectivity index (χ4n) is 19.2. The summed E-state index contributed by atoms with van der Waals surface area (Å²) in [5.41, 5.74) is 11.3. The number of imidazole rings is 4. The molecule has 2 spiro atoms. The van der Waals surface area contributed by atoms with E-state index in [-0.39, 0.29) is 91.9 Å². The molecule has 4 saturated carbocycles. The normalized spacial score (nSPS) is 22.4. The maximum Gasteiger partial charge on any atom is 0.411 e. The molecule has 120 heavy (non-hydrogen) atoms. The van der Waals surface area contributed by atoms with Gasteiger partial charge in [0.2, 0.25) is 11.8 Å². The number of benzene rings is 6.